The molecule has 0 unspecified atom stereocenters. The van der Waals surface area contributed by atoms with Crippen molar-refractivity contribution in [3.05, 3.63) is 76.5 Å². The Labute approximate surface area is 170 Å². The van der Waals surface area contributed by atoms with E-state index in [9.17, 15) is 14.4 Å². The molecular weight excluding hydrogens is 390 g/mol. The van der Waals surface area contributed by atoms with Gasteiger partial charge in [0.25, 0.3) is 11.5 Å². The van der Waals surface area contributed by atoms with E-state index in [-0.39, 0.29) is 11.5 Å². The number of carbonyl (C=O) groups is 2. The van der Waals surface area contributed by atoms with E-state index in [0.717, 1.165) is 11.6 Å². The van der Waals surface area contributed by atoms with Gasteiger partial charge in [-0.1, -0.05) is 12.1 Å². The summed E-state index contributed by atoms with van der Waals surface area (Å²) in [5.41, 5.74) is 0.104. The third-order valence-electron chi connectivity index (χ3n) is 3.93. The van der Waals surface area contributed by atoms with Gasteiger partial charge in [-0.25, -0.2) is 14.5 Å². The number of hydrogen-bond acceptors (Lipinski definition) is 6. The second-order valence-corrected chi connectivity index (χ2v) is 6.10. The molecule has 1 aromatic carbocycles. The Bertz CT molecular complexity index is 1090. The van der Waals surface area contributed by atoms with Crippen LogP contribution in [0.3, 0.4) is 0 Å². The quantitative estimate of drug-likeness (QED) is 0.357. The molecule has 0 fully saturated rings. The minimum Gasteiger partial charge on any atom is -0.494 e. The van der Waals surface area contributed by atoms with E-state index in [4.69, 9.17) is 9.84 Å². The average Bonchev–Trinajstić information content (AvgIpc) is 3.27. The maximum Gasteiger partial charge on any atom is 0.328 e. The number of rotatable bonds is 9. The number of carbonyl (C=O) groups excluding carboxylic acids is 1. The molecule has 2 aromatic heterocycles. The number of nitrogens with one attached hydrogen (secondary N) is 2. The summed E-state index contributed by atoms with van der Waals surface area (Å²) >= 11 is 0. The van der Waals surface area contributed by atoms with E-state index in [1.807, 2.05) is 0 Å². The number of aromatic amines is 1. The summed E-state index contributed by atoms with van der Waals surface area (Å²) in [4.78, 5) is 41.3. The van der Waals surface area contributed by atoms with Gasteiger partial charge in [0, 0.05) is 31.2 Å². The van der Waals surface area contributed by atoms with Crippen molar-refractivity contribution in [1.29, 1.82) is 0 Å². The van der Waals surface area contributed by atoms with Crippen LogP contribution in [0.2, 0.25) is 0 Å². The van der Waals surface area contributed by atoms with Gasteiger partial charge in [0.15, 0.2) is 0 Å². The van der Waals surface area contributed by atoms with Gasteiger partial charge in [-0.3, -0.25) is 14.6 Å². The van der Waals surface area contributed by atoms with Crippen LogP contribution in [0, 0.1) is 0 Å². The molecule has 10 heteroatoms. The number of carboxylic acid groups (broad SMARTS) is 1. The standard InChI is InChI=1S/C20H19N5O5/c26-17(27)8-5-14-3-6-15(7-4-14)30-12-2-9-21-18(28)16-13-22-20(24-19(16)29)25-11-1-10-23-25/h1,3-8,10-11,13H,2,9,12H2,(H,21,28)(H,26,27)(H,22,24,29)/b8-5+. The van der Waals surface area contributed by atoms with Crippen LogP contribution in [-0.2, 0) is 4.79 Å². The highest BCUT2D eigenvalue weighted by atomic mass is 16.5. The van der Waals surface area contributed by atoms with Crippen molar-refractivity contribution in [2.75, 3.05) is 13.2 Å². The Morgan fingerprint density at radius 3 is 2.73 bits per heavy atom. The molecule has 154 valence electrons. The maximum atomic E-state index is 12.2. The number of H-pyrrole nitrogens is 1. The summed E-state index contributed by atoms with van der Waals surface area (Å²) in [5, 5.41) is 15.2. The first-order valence-corrected chi connectivity index (χ1v) is 9.04. The molecule has 2 heterocycles. The number of carboxylic acids is 1. The summed E-state index contributed by atoms with van der Waals surface area (Å²) in [7, 11) is 0. The zero-order valence-corrected chi connectivity index (χ0v) is 15.8. The van der Waals surface area contributed by atoms with Crippen LogP contribution >= 0.6 is 0 Å². The van der Waals surface area contributed by atoms with Crippen LogP contribution in [0.15, 0.2) is 59.8 Å². The predicted octanol–water partition coefficient (Wildman–Crippen LogP) is 1.25. The van der Waals surface area contributed by atoms with Crippen molar-refractivity contribution in [1.82, 2.24) is 25.1 Å². The second kappa shape index (κ2) is 9.82. The molecule has 0 aliphatic carbocycles. The Kier molecular flexibility index (Phi) is 6.72. The molecule has 10 nitrogen and oxygen atoms in total. The van der Waals surface area contributed by atoms with Gasteiger partial charge >= 0.3 is 5.97 Å². The third kappa shape index (κ3) is 5.64. The molecule has 0 saturated heterocycles. The lowest BCUT2D eigenvalue weighted by Gasteiger charge is -2.08. The lowest BCUT2D eigenvalue weighted by molar-refractivity contribution is -0.131. The van der Waals surface area contributed by atoms with E-state index >= 15 is 0 Å². The highest BCUT2D eigenvalue weighted by Crippen LogP contribution is 2.13. The van der Waals surface area contributed by atoms with E-state index in [1.165, 1.54) is 17.0 Å². The lowest BCUT2D eigenvalue weighted by Crippen LogP contribution is -2.31. The normalized spacial score (nSPS) is 10.8. The van der Waals surface area contributed by atoms with E-state index < -0.39 is 17.4 Å². The van der Waals surface area contributed by atoms with Crippen LogP contribution in [0.5, 0.6) is 5.75 Å². The Hall–Kier alpha value is -4.21. The summed E-state index contributed by atoms with van der Waals surface area (Å²) in [6, 6.07) is 8.62. The number of hydrogen-bond donors (Lipinski definition) is 3. The Morgan fingerprint density at radius 1 is 1.27 bits per heavy atom. The zero-order chi connectivity index (χ0) is 21.3. The minimum atomic E-state index is -1.01. The highest BCUT2D eigenvalue weighted by Gasteiger charge is 2.12. The summed E-state index contributed by atoms with van der Waals surface area (Å²) in [6.45, 7) is 0.677. The first-order valence-electron chi connectivity index (χ1n) is 9.04. The van der Waals surface area contributed by atoms with Crippen LogP contribution in [0.1, 0.15) is 22.3 Å². The van der Waals surface area contributed by atoms with Crippen molar-refractivity contribution in [3.8, 4) is 11.7 Å². The second-order valence-electron chi connectivity index (χ2n) is 6.10. The summed E-state index contributed by atoms with van der Waals surface area (Å²) in [5.74, 6) is -0.683. The molecule has 30 heavy (non-hydrogen) atoms. The maximum absolute atomic E-state index is 12.2. The molecule has 0 atom stereocenters. The first-order chi connectivity index (χ1) is 14.5. The summed E-state index contributed by atoms with van der Waals surface area (Å²) < 4.78 is 6.96. The lowest BCUT2D eigenvalue weighted by atomic mass is 10.2. The van der Waals surface area contributed by atoms with E-state index in [1.54, 1.807) is 42.7 Å². The van der Waals surface area contributed by atoms with Gasteiger partial charge in [-0.15, -0.1) is 0 Å². The van der Waals surface area contributed by atoms with Crippen LogP contribution in [0.4, 0.5) is 0 Å². The van der Waals surface area contributed by atoms with Crippen molar-refractivity contribution in [2.45, 2.75) is 6.42 Å². The molecule has 0 aliphatic heterocycles. The fourth-order valence-electron chi connectivity index (χ4n) is 2.46. The van der Waals surface area contributed by atoms with Crippen molar-refractivity contribution in [2.24, 2.45) is 0 Å². The molecular formula is C20H19N5O5. The number of aliphatic carboxylic acids is 1. The van der Waals surface area contributed by atoms with E-state index in [0.29, 0.717) is 25.3 Å². The van der Waals surface area contributed by atoms with Crippen molar-refractivity contribution >= 4 is 18.0 Å². The minimum absolute atomic E-state index is 0.0863. The van der Waals surface area contributed by atoms with Gasteiger partial charge in [0.05, 0.1) is 6.61 Å². The highest BCUT2D eigenvalue weighted by molar-refractivity contribution is 5.93. The molecule has 0 bridgehead atoms. The Balaban J connectivity index is 1.43. The molecule has 0 radical (unpaired) electrons. The number of amides is 1. The number of aromatic nitrogens is 4. The topological polar surface area (TPSA) is 139 Å². The molecule has 0 spiro atoms. The SMILES string of the molecule is O=C(O)/C=C/c1ccc(OCCCNC(=O)c2cnc(-n3cccn3)[nH]c2=O)cc1. The van der Waals surface area contributed by atoms with Crippen molar-refractivity contribution < 1.29 is 19.4 Å². The monoisotopic (exact) mass is 409 g/mol. The third-order valence-corrected chi connectivity index (χ3v) is 3.93. The molecule has 3 aromatic rings. The van der Waals surface area contributed by atoms with Gasteiger partial charge in [0.2, 0.25) is 5.95 Å². The number of ether oxygens (including phenoxy) is 1. The predicted molar refractivity (Wildman–Crippen MR) is 108 cm³/mol. The van der Waals surface area contributed by atoms with Crippen LogP contribution in [-0.4, -0.2) is 49.9 Å². The van der Waals surface area contributed by atoms with Gasteiger partial charge < -0.3 is 15.2 Å². The fraction of sp³-hybridized carbons (Fsp3) is 0.150. The van der Waals surface area contributed by atoms with Crippen molar-refractivity contribution in [3.63, 3.8) is 0 Å². The van der Waals surface area contributed by atoms with Gasteiger partial charge in [-0.2, -0.15) is 5.10 Å². The fourth-order valence-corrected chi connectivity index (χ4v) is 2.46. The molecule has 0 aliphatic rings. The van der Waals surface area contributed by atoms with Gasteiger partial charge in [0.1, 0.15) is 11.3 Å². The smallest absolute Gasteiger partial charge is 0.328 e. The zero-order valence-electron chi connectivity index (χ0n) is 15.8. The average molecular weight is 409 g/mol. The number of nitrogens with zero attached hydrogens (tertiary/aromatic N) is 3. The summed E-state index contributed by atoms with van der Waals surface area (Å²) in [6.07, 6.45) is 7.46. The Morgan fingerprint density at radius 2 is 2.07 bits per heavy atom. The van der Waals surface area contributed by atoms with E-state index in [2.05, 4.69) is 20.4 Å². The number of benzene rings is 1. The first kappa shape index (κ1) is 20.5. The molecule has 0 saturated carbocycles. The molecule has 1 amide bonds. The van der Waals surface area contributed by atoms with Gasteiger partial charge in [-0.05, 0) is 36.3 Å². The molecule has 3 N–H and O–H groups in total. The van der Waals surface area contributed by atoms with Crippen LogP contribution < -0.4 is 15.6 Å². The largest absolute Gasteiger partial charge is 0.494 e. The molecule has 3 rings (SSSR count). The van der Waals surface area contributed by atoms with Crippen LogP contribution in [0.25, 0.3) is 12.0 Å².